The zero-order valence-corrected chi connectivity index (χ0v) is 7.47. The Hall–Kier alpha value is -0.0800. The lowest BCUT2D eigenvalue weighted by molar-refractivity contribution is -0.0550. The molecule has 0 amide bonds. The fraction of sp³-hybridized carbons (Fsp3) is 1.00. The van der Waals surface area contributed by atoms with Gasteiger partial charge in [0, 0.05) is 19.2 Å². The van der Waals surface area contributed by atoms with E-state index in [1.807, 2.05) is 7.11 Å². The molecular weight excluding hydrogens is 138 g/mol. The van der Waals surface area contributed by atoms with Crippen LogP contribution in [0, 0.1) is 5.92 Å². The van der Waals surface area contributed by atoms with Crippen LogP contribution in [0.25, 0.3) is 0 Å². The van der Waals surface area contributed by atoms with Crippen molar-refractivity contribution in [2.75, 3.05) is 26.8 Å². The standard InChI is InChI=1S/C9H17NO/c1-8-3-5-10-6-4-9(8,10)7-11-2/h8H,3-7H2,1-2H3/t8-,9+/m0/s1. The van der Waals surface area contributed by atoms with Gasteiger partial charge in [-0.25, -0.2) is 0 Å². The molecule has 0 saturated carbocycles. The first-order valence-corrected chi connectivity index (χ1v) is 4.53. The van der Waals surface area contributed by atoms with Gasteiger partial charge in [-0.05, 0) is 25.3 Å². The van der Waals surface area contributed by atoms with E-state index in [0.717, 1.165) is 12.5 Å². The molecule has 11 heavy (non-hydrogen) atoms. The summed E-state index contributed by atoms with van der Waals surface area (Å²) in [7, 11) is 1.82. The second-order valence-electron chi connectivity index (χ2n) is 3.96. The van der Waals surface area contributed by atoms with E-state index >= 15 is 0 Å². The van der Waals surface area contributed by atoms with Crippen LogP contribution in [0.4, 0.5) is 0 Å². The van der Waals surface area contributed by atoms with Gasteiger partial charge in [0.05, 0.1) is 6.61 Å². The summed E-state index contributed by atoms with van der Waals surface area (Å²) in [5.41, 5.74) is 0.453. The van der Waals surface area contributed by atoms with Gasteiger partial charge in [-0.1, -0.05) is 6.92 Å². The summed E-state index contributed by atoms with van der Waals surface area (Å²) in [6.07, 6.45) is 2.71. The second-order valence-corrected chi connectivity index (χ2v) is 3.96. The summed E-state index contributed by atoms with van der Waals surface area (Å²) in [6, 6.07) is 0. The quantitative estimate of drug-likeness (QED) is 0.592. The first-order chi connectivity index (χ1) is 5.29. The number of rotatable bonds is 2. The summed E-state index contributed by atoms with van der Waals surface area (Å²) >= 11 is 0. The SMILES string of the molecule is COC[C@@]12CCN1CC[C@@H]2C. The van der Waals surface area contributed by atoms with Gasteiger partial charge in [0.1, 0.15) is 0 Å². The van der Waals surface area contributed by atoms with E-state index < -0.39 is 0 Å². The van der Waals surface area contributed by atoms with E-state index in [0.29, 0.717) is 5.54 Å². The lowest BCUT2D eigenvalue weighted by Crippen LogP contribution is -2.61. The summed E-state index contributed by atoms with van der Waals surface area (Å²) in [6.45, 7) is 5.89. The molecule has 2 atom stereocenters. The summed E-state index contributed by atoms with van der Waals surface area (Å²) in [5, 5.41) is 0. The van der Waals surface area contributed by atoms with E-state index in [9.17, 15) is 0 Å². The van der Waals surface area contributed by atoms with Crippen molar-refractivity contribution in [1.82, 2.24) is 4.90 Å². The average Bonchev–Trinajstić information content (AvgIpc) is 2.14. The van der Waals surface area contributed by atoms with Crippen molar-refractivity contribution >= 4 is 0 Å². The average molecular weight is 155 g/mol. The molecule has 0 N–H and O–H groups in total. The monoisotopic (exact) mass is 155 g/mol. The maximum absolute atomic E-state index is 5.28. The number of fused-ring (bicyclic) bond motifs is 1. The summed E-state index contributed by atoms with van der Waals surface area (Å²) < 4.78 is 5.28. The molecule has 0 radical (unpaired) electrons. The molecule has 0 aliphatic carbocycles. The Morgan fingerprint density at radius 2 is 2.36 bits per heavy atom. The molecule has 0 bridgehead atoms. The second kappa shape index (κ2) is 2.46. The molecule has 2 fully saturated rings. The fourth-order valence-electron chi connectivity index (χ4n) is 2.62. The smallest absolute Gasteiger partial charge is 0.0649 e. The molecule has 64 valence electrons. The lowest BCUT2D eigenvalue weighted by atomic mass is 9.78. The van der Waals surface area contributed by atoms with Crippen LogP contribution in [-0.2, 0) is 4.74 Å². The topological polar surface area (TPSA) is 12.5 Å². The largest absolute Gasteiger partial charge is 0.383 e. The van der Waals surface area contributed by atoms with Gasteiger partial charge in [0.2, 0.25) is 0 Å². The van der Waals surface area contributed by atoms with Crippen LogP contribution in [-0.4, -0.2) is 37.2 Å². The van der Waals surface area contributed by atoms with E-state index in [1.165, 1.54) is 25.9 Å². The maximum Gasteiger partial charge on any atom is 0.0649 e. The van der Waals surface area contributed by atoms with Crippen molar-refractivity contribution in [2.24, 2.45) is 5.92 Å². The summed E-state index contributed by atoms with van der Waals surface area (Å²) in [5.74, 6) is 0.844. The fourth-order valence-corrected chi connectivity index (χ4v) is 2.62. The molecule has 2 nitrogen and oxygen atoms in total. The molecule has 2 rings (SSSR count). The minimum absolute atomic E-state index is 0.453. The Labute approximate surface area is 68.5 Å². The molecule has 0 spiro atoms. The van der Waals surface area contributed by atoms with Gasteiger partial charge in [-0.3, -0.25) is 4.90 Å². The minimum Gasteiger partial charge on any atom is -0.383 e. The zero-order chi connectivity index (χ0) is 7.90. The molecule has 2 heterocycles. The van der Waals surface area contributed by atoms with Gasteiger partial charge in [0.15, 0.2) is 0 Å². The van der Waals surface area contributed by atoms with Crippen molar-refractivity contribution in [3.63, 3.8) is 0 Å². The summed E-state index contributed by atoms with van der Waals surface area (Å²) in [4.78, 5) is 2.58. The van der Waals surface area contributed by atoms with E-state index in [2.05, 4.69) is 11.8 Å². The molecule has 2 heteroatoms. The van der Waals surface area contributed by atoms with E-state index in [1.54, 1.807) is 0 Å². The van der Waals surface area contributed by atoms with Crippen molar-refractivity contribution in [3.05, 3.63) is 0 Å². The van der Waals surface area contributed by atoms with Crippen molar-refractivity contribution in [1.29, 1.82) is 0 Å². The van der Waals surface area contributed by atoms with Crippen LogP contribution in [0.1, 0.15) is 19.8 Å². The van der Waals surface area contributed by atoms with Crippen LogP contribution < -0.4 is 0 Å². The Morgan fingerprint density at radius 1 is 1.55 bits per heavy atom. The minimum atomic E-state index is 0.453. The van der Waals surface area contributed by atoms with E-state index in [-0.39, 0.29) is 0 Å². The number of nitrogens with zero attached hydrogens (tertiary/aromatic N) is 1. The van der Waals surface area contributed by atoms with Gasteiger partial charge in [-0.2, -0.15) is 0 Å². The van der Waals surface area contributed by atoms with Crippen molar-refractivity contribution < 1.29 is 4.74 Å². The molecular formula is C9H17NO. The Balaban J connectivity index is 2.08. The third-order valence-electron chi connectivity index (χ3n) is 3.59. The van der Waals surface area contributed by atoms with Crippen molar-refractivity contribution in [3.8, 4) is 0 Å². The molecule has 0 aromatic heterocycles. The van der Waals surface area contributed by atoms with Crippen LogP contribution >= 0.6 is 0 Å². The first kappa shape index (κ1) is 7.56. The zero-order valence-electron chi connectivity index (χ0n) is 7.47. The van der Waals surface area contributed by atoms with Crippen LogP contribution in [0.15, 0.2) is 0 Å². The molecule has 0 aromatic rings. The van der Waals surface area contributed by atoms with Crippen LogP contribution in [0.2, 0.25) is 0 Å². The Kier molecular flexibility index (Phi) is 1.69. The Bertz CT molecular complexity index is 152. The van der Waals surface area contributed by atoms with Gasteiger partial charge < -0.3 is 4.74 Å². The predicted octanol–water partition coefficient (Wildman–Crippen LogP) is 1.12. The molecule has 2 saturated heterocycles. The number of hydrogen-bond donors (Lipinski definition) is 0. The maximum atomic E-state index is 5.28. The van der Waals surface area contributed by atoms with Gasteiger partial charge >= 0.3 is 0 Å². The predicted molar refractivity (Wildman–Crippen MR) is 44.6 cm³/mol. The van der Waals surface area contributed by atoms with Crippen LogP contribution in [0.5, 0.6) is 0 Å². The molecule has 2 aliphatic heterocycles. The van der Waals surface area contributed by atoms with Gasteiger partial charge in [0.25, 0.3) is 0 Å². The third-order valence-corrected chi connectivity index (χ3v) is 3.59. The highest BCUT2D eigenvalue weighted by Gasteiger charge is 2.52. The highest BCUT2D eigenvalue weighted by Crippen LogP contribution is 2.44. The van der Waals surface area contributed by atoms with Gasteiger partial charge in [-0.15, -0.1) is 0 Å². The molecule has 0 aromatic carbocycles. The number of methoxy groups -OCH3 is 1. The van der Waals surface area contributed by atoms with E-state index in [4.69, 9.17) is 4.74 Å². The Morgan fingerprint density at radius 3 is 2.82 bits per heavy atom. The van der Waals surface area contributed by atoms with Crippen LogP contribution in [0.3, 0.4) is 0 Å². The molecule has 2 aliphatic rings. The van der Waals surface area contributed by atoms with Crippen molar-refractivity contribution in [2.45, 2.75) is 25.3 Å². The highest BCUT2D eigenvalue weighted by atomic mass is 16.5. The number of ether oxygens (including phenoxy) is 1. The number of hydrogen-bond acceptors (Lipinski definition) is 2. The first-order valence-electron chi connectivity index (χ1n) is 4.53. The highest BCUT2D eigenvalue weighted by molar-refractivity contribution is 5.07. The third kappa shape index (κ3) is 0.859. The lowest BCUT2D eigenvalue weighted by Gasteiger charge is -2.50. The normalized spacial score (nSPS) is 43.6. The molecule has 0 unspecified atom stereocenters.